The first-order valence-corrected chi connectivity index (χ1v) is 5.32. The van der Waals surface area contributed by atoms with Crippen LogP contribution in [0.1, 0.15) is 26.2 Å². The van der Waals surface area contributed by atoms with E-state index in [2.05, 4.69) is 0 Å². The van der Waals surface area contributed by atoms with Crippen molar-refractivity contribution in [3.63, 3.8) is 0 Å². The van der Waals surface area contributed by atoms with E-state index in [1.165, 1.54) is 0 Å². The number of carbonyl (C=O) groups is 1. The van der Waals surface area contributed by atoms with E-state index in [-0.39, 0.29) is 17.9 Å². The van der Waals surface area contributed by atoms with Crippen LogP contribution in [0.3, 0.4) is 0 Å². The molecule has 0 aromatic heterocycles. The molecule has 1 fully saturated rings. The standard InChI is InChI=1S/C10H20N2O2/c1-8(4-5-11)10(14)12-6-2-3-9(13)7-12/h8-9,13H,2-7,11H2,1H3/t8?,9-/m0/s1. The summed E-state index contributed by atoms with van der Waals surface area (Å²) < 4.78 is 0. The maximum Gasteiger partial charge on any atom is 0.225 e. The molecule has 1 amide bonds. The Morgan fingerprint density at radius 2 is 2.43 bits per heavy atom. The number of amides is 1. The van der Waals surface area contributed by atoms with E-state index >= 15 is 0 Å². The highest BCUT2D eigenvalue weighted by Gasteiger charge is 2.24. The highest BCUT2D eigenvalue weighted by Crippen LogP contribution is 2.14. The first-order valence-electron chi connectivity index (χ1n) is 5.32. The Morgan fingerprint density at radius 3 is 3.00 bits per heavy atom. The molecule has 0 aliphatic carbocycles. The fourth-order valence-electron chi connectivity index (χ4n) is 1.84. The van der Waals surface area contributed by atoms with Crippen molar-refractivity contribution in [1.82, 2.24) is 4.90 Å². The van der Waals surface area contributed by atoms with Gasteiger partial charge in [-0.15, -0.1) is 0 Å². The summed E-state index contributed by atoms with van der Waals surface area (Å²) in [6.07, 6.45) is 2.11. The Bertz CT molecular complexity index is 197. The molecule has 0 aromatic rings. The number of hydrogen-bond acceptors (Lipinski definition) is 3. The monoisotopic (exact) mass is 200 g/mol. The van der Waals surface area contributed by atoms with Crippen molar-refractivity contribution < 1.29 is 9.90 Å². The van der Waals surface area contributed by atoms with Gasteiger partial charge < -0.3 is 15.7 Å². The van der Waals surface area contributed by atoms with Gasteiger partial charge in [0.15, 0.2) is 0 Å². The maximum absolute atomic E-state index is 11.8. The molecule has 4 heteroatoms. The predicted molar refractivity (Wildman–Crippen MR) is 54.7 cm³/mol. The number of nitrogens with zero attached hydrogens (tertiary/aromatic N) is 1. The second-order valence-corrected chi connectivity index (χ2v) is 4.06. The molecule has 1 unspecified atom stereocenters. The molecule has 1 heterocycles. The molecule has 1 rings (SSSR count). The van der Waals surface area contributed by atoms with E-state index in [4.69, 9.17) is 5.73 Å². The first-order chi connectivity index (χ1) is 6.65. The average Bonchev–Trinajstić information content (AvgIpc) is 2.17. The number of carbonyl (C=O) groups excluding carboxylic acids is 1. The molecule has 14 heavy (non-hydrogen) atoms. The molecule has 1 aliphatic heterocycles. The summed E-state index contributed by atoms with van der Waals surface area (Å²) in [5, 5.41) is 9.42. The lowest BCUT2D eigenvalue weighted by atomic mass is 10.0. The van der Waals surface area contributed by atoms with Crippen molar-refractivity contribution in [2.45, 2.75) is 32.3 Å². The fraction of sp³-hybridized carbons (Fsp3) is 0.900. The number of aliphatic hydroxyl groups excluding tert-OH is 1. The average molecular weight is 200 g/mol. The van der Waals surface area contributed by atoms with Crippen molar-refractivity contribution in [2.75, 3.05) is 19.6 Å². The fourth-order valence-corrected chi connectivity index (χ4v) is 1.84. The lowest BCUT2D eigenvalue weighted by Crippen LogP contribution is -2.44. The number of piperidine rings is 1. The summed E-state index contributed by atoms with van der Waals surface area (Å²) in [4.78, 5) is 13.6. The Labute approximate surface area is 85.1 Å². The lowest BCUT2D eigenvalue weighted by molar-refractivity contribution is -0.138. The maximum atomic E-state index is 11.8. The van der Waals surface area contributed by atoms with Gasteiger partial charge in [-0.1, -0.05) is 6.92 Å². The molecular formula is C10H20N2O2. The minimum absolute atomic E-state index is 0.00898. The molecule has 0 radical (unpaired) electrons. The van der Waals surface area contributed by atoms with Gasteiger partial charge in [0.2, 0.25) is 5.91 Å². The molecule has 4 nitrogen and oxygen atoms in total. The zero-order chi connectivity index (χ0) is 10.6. The third-order valence-corrected chi connectivity index (χ3v) is 2.73. The molecule has 0 spiro atoms. The van der Waals surface area contributed by atoms with Crippen molar-refractivity contribution >= 4 is 5.91 Å². The van der Waals surface area contributed by atoms with Crippen LogP contribution in [0.5, 0.6) is 0 Å². The summed E-state index contributed by atoms with van der Waals surface area (Å²) in [5.74, 6) is 0.125. The number of β-amino-alcohol motifs (C(OH)–C–C–N with tert-alkyl or cyclic N) is 1. The van der Waals surface area contributed by atoms with Gasteiger partial charge in [0.25, 0.3) is 0 Å². The molecule has 0 saturated carbocycles. The largest absolute Gasteiger partial charge is 0.391 e. The topological polar surface area (TPSA) is 66.6 Å². The Balaban J connectivity index is 2.42. The van der Waals surface area contributed by atoms with E-state index in [0.29, 0.717) is 13.1 Å². The van der Waals surface area contributed by atoms with E-state index in [1.807, 2.05) is 6.92 Å². The van der Waals surface area contributed by atoms with Crippen LogP contribution in [0.25, 0.3) is 0 Å². The molecular weight excluding hydrogens is 180 g/mol. The van der Waals surface area contributed by atoms with E-state index < -0.39 is 0 Å². The highest BCUT2D eigenvalue weighted by molar-refractivity contribution is 5.78. The van der Waals surface area contributed by atoms with Crippen LogP contribution in [0, 0.1) is 5.92 Å². The number of likely N-dealkylation sites (tertiary alicyclic amines) is 1. The molecule has 2 atom stereocenters. The van der Waals surface area contributed by atoms with Gasteiger partial charge in [-0.05, 0) is 25.8 Å². The minimum atomic E-state index is -0.335. The zero-order valence-electron chi connectivity index (χ0n) is 8.78. The van der Waals surface area contributed by atoms with Crippen molar-refractivity contribution in [1.29, 1.82) is 0 Å². The van der Waals surface area contributed by atoms with E-state index in [9.17, 15) is 9.90 Å². The van der Waals surface area contributed by atoms with Crippen LogP contribution in [-0.4, -0.2) is 41.7 Å². The number of rotatable bonds is 3. The smallest absolute Gasteiger partial charge is 0.225 e. The summed E-state index contributed by atoms with van der Waals surface area (Å²) >= 11 is 0. The number of nitrogens with two attached hydrogens (primary N) is 1. The van der Waals surface area contributed by atoms with Gasteiger partial charge >= 0.3 is 0 Å². The molecule has 0 bridgehead atoms. The predicted octanol–water partition coefficient (Wildman–Crippen LogP) is -0.0454. The van der Waals surface area contributed by atoms with E-state index in [1.54, 1.807) is 4.90 Å². The van der Waals surface area contributed by atoms with Crippen LogP contribution in [0.15, 0.2) is 0 Å². The summed E-state index contributed by atoms with van der Waals surface area (Å²) in [6.45, 7) is 3.72. The molecule has 0 aromatic carbocycles. The molecule has 1 aliphatic rings. The second-order valence-electron chi connectivity index (χ2n) is 4.06. The third kappa shape index (κ3) is 2.96. The van der Waals surface area contributed by atoms with Crippen molar-refractivity contribution in [2.24, 2.45) is 11.7 Å². The van der Waals surface area contributed by atoms with Gasteiger partial charge in [0, 0.05) is 19.0 Å². The third-order valence-electron chi connectivity index (χ3n) is 2.73. The number of aliphatic hydroxyl groups is 1. The van der Waals surface area contributed by atoms with Crippen molar-refractivity contribution in [3.8, 4) is 0 Å². The van der Waals surface area contributed by atoms with Crippen LogP contribution in [-0.2, 0) is 4.79 Å². The molecule has 82 valence electrons. The van der Waals surface area contributed by atoms with E-state index in [0.717, 1.165) is 25.8 Å². The van der Waals surface area contributed by atoms with Gasteiger partial charge in [-0.2, -0.15) is 0 Å². The second kappa shape index (κ2) is 5.32. The SMILES string of the molecule is CC(CCN)C(=O)N1CCC[C@H](O)C1. The van der Waals surface area contributed by atoms with Crippen LogP contribution in [0.2, 0.25) is 0 Å². The molecule has 1 saturated heterocycles. The minimum Gasteiger partial charge on any atom is -0.391 e. The zero-order valence-corrected chi connectivity index (χ0v) is 8.78. The summed E-state index contributed by atoms with van der Waals surface area (Å²) in [7, 11) is 0. The quantitative estimate of drug-likeness (QED) is 0.671. The normalized spacial score (nSPS) is 24.8. The van der Waals surface area contributed by atoms with Crippen LogP contribution < -0.4 is 5.73 Å². The van der Waals surface area contributed by atoms with Crippen LogP contribution >= 0.6 is 0 Å². The van der Waals surface area contributed by atoms with Gasteiger partial charge in [0.1, 0.15) is 0 Å². The van der Waals surface area contributed by atoms with Gasteiger partial charge in [-0.25, -0.2) is 0 Å². The van der Waals surface area contributed by atoms with Crippen LogP contribution in [0.4, 0.5) is 0 Å². The van der Waals surface area contributed by atoms with Crippen molar-refractivity contribution in [3.05, 3.63) is 0 Å². The highest BCUT2D eigenvalue weighted by atomic mass is 16.3. The van der Waals surface area contributed by atoms with Gasteiger partial charge in [0.05, 0.1) is 6.10 Å². The Hall–Kier alpha value is -0.610. The molecule has 3 N–H and O–H groups in total. The summed E-state index contributed by atoms with van der Waals surface area (Å²) in [5.41, 5.74) is 5.40. The lowest BCUT2D eigenvalue weighted by Gasteiger charge is -2.32. The summed E-state index contributed by atoms with van der Waals surface area (Å²) in [6, 6.07) is 0. The Morgan fingerprint density at radius 1 is 1.71 bits per heavy atom. The first kappa shape index (κ1) is 11.5. The van der Waals surface area contributed by atoms with Gasteiger partial charge in [-0.3, -0.25) is 4.79 Å². The Kier molecular flexibility index (Phi) is 4.35. The number of hydrogen-bond donors (Lipinski definition) is 2.